The standard InChI is InChI=1S/C29H35N7O2/c1-34(2)28-25-10-4-5-11-26(25)32-29(33-28)31-23-15-13-21(14-16-23)18-30-19-24-9-7-17-35(24)20-22-8-3-6-12-27(22)36(37)38/h3-12,17,21,23,30H,13-16,18-20H2,1-2H3,(H,31,32,33). The van der Waals surface area contributed by atoms with E-state index in [1.54, 1.807) is 12.1 Å². The molecule has 1 aliphatic carbocycles. The van der Waals surface area contributed by atoms with E-state index < -0.39 is 0 Å². The van der Waals surface area contributed by atoms with Crippen molar-refractivity contribution in [2.75, 3.05) is 30.9 Å². The molecule has 0 atom stereocenters. The SMILES string of the molecule is CN(C)c1nc(NC2CCC(CNCc3cccn3Cc3ccccc3[N+](=O)[O-])CC2)nc2ccccc12. The lowest BCUT2D eigenvalue weighted by atomic mass is 9.86. The van der Waals surface area contributed by atoms with Gasteiger partial charge in [0.2, 0.25) is 5.95 Å². The molecule has 2 aromatic carbocycles. The number of nitrogens with zero attached hydrogens (tertiary/aromatic N) is 5. The molecule has 9 heteroatoms. The minimum Gasteiger partial charge on any atom is -0.362 e. The molecule has 2 heterocycles. The molecule has 1 saturated carbocycles. The van der Waals surface area contributed by atoms with Crippen LogP contribution in [0.25, 0.3) is 10.9 Å². The number of aromatic nitrogens is 3. The average molecular weight is 514 g/mol. The first-order valence-electron chi connectivity index (χ1n) is 13.3. The van der Waals surface area contributed by atoms with E-state index in [9.17, 15) is 10.1 Å². The van der Waals surface area contributed by atoms with E-state index in [1.165, 1.54) is 0 Å². The maximum atomic E-state index is 11.4. The van der Waals surface area contributed by atoms with Crippen molar-refractivity contribution >= 4 is 28.4 Å². The van der Waals surface area contributed by atoms with Crippen LogP contribution in [0.3, 0.4) is 0 Å². The fraction of sp³-hybridized carbons (Fsp3) is 0.379. The number of hydrogen-bond acceptors (Lipinski definition) is 7. The number of hydrogen-bond donors (Lipinski definition) is 2. The van der Waals surface area contributed by atoms with Gasteiger partial charge in [0.1, 0.15) is 5.82 Å². The highest BCUT2D eigenvalue weighted by atomic mass is 16.6. The Morgan fingerprint density at radius 1 is 1.00 bits per heavy atom. The van der Waals surface area contributed by atoms with Crippen molar-refractivity contribution in [2.24, 2.45) is 5.92 Å². The second-order valence-electron chi connectivity index (χ2n) is 10.3. The summed E-state index contributed by atoms with van der Waals surface area (Å²) in [6, 6.07) is 19.5. The summed E-state index contributed by atoms with van der Waals surface area (Å²) in [5, 5.41) is 19.6. The molecule has 1 aliphatic rings. The Bertz CT molecular complexity index is 1390. The zero-order valence-electron chi connectivity index (χ0n) is 22.0. The van der Waals surface area contributed by atoms with Gasteiger partial charge in [-0.15, -0.1) is 0 Å². The second kappa shape index (κ2) is 11.6. The zero-order chi connectivity index (χ0) is 26.5. The van der Waals surface area contributed by atoms with Crippen LogP contribution in [-0.2, 0) is 13.1 Å². The number of nitro groups is 1. The van der Waals surface area contributed by atoms with Crippen molar-refractivity contribution in [3.05, 3.63) is 88.2 Å². The van der Waals surface area contributed by atoms with Gasteiger partial charge >= 0.3 is 0 Å². The molecule has 9 nitrogen and oxygen atoms in total. The van der Waals surface area contributed by atoms with Gasteiger partial charge < -0.3 is 20.1 Å². The minimum absolute atomic E-state index is 0.164. The molecule has 0 radical (unpaired) electrons. The molecule has 0 amide bonds. The Labute approximate surface area is 223 Å². The van der Waals surface area contributed by atoms with Crippen LogP contribution in [0, 0.1) is 16.0 Å². The number of anilines is 2. The average Bonchev–Trinajstić information content (AvgIpc) is 3.36. The van der Waals surface area contributed by atoms with Crippen LogP contribution in [-0.4, -0.2) is 46.1 Å². The molecule has 0 unspecified atom stereocenters. The Morgan fingerprint density at radius 2 is 1.76 bits per heavy atom. The third-order valence-corrected chi connectivity index (χ3v) is 7.38. The Balaban J connectivity index is 1.11. The third-order valence-electron chi connectivity index (χ3n) is 7.38. The number of nitrogens with one attached hydrogen (secondary N) is 2. The molecule has 1 fully saturated rings. The van der Waals surface area contributed by atoms with Crippen LogP contribution in [0.4, 0.5) is 17.5 Å². The smallest absolute Gasteiger partial charge is 0.274 e. The Morgan fingerprint density at radius 3 is 2.55 bits per heavy atom. The summed E-state index contributed by atoms with van der Waals surface area (Å²) in [6.45, 7) is 2.19. The summed E-state index contributed by atoms with van der Waals surface area (Å²) in [7, 11) is 4.03. The lowest BCUT2D eigenvalue weighted by molar-refractivity contribution is -0.385. The second-order valence-corrected chi connectivity index (χ2v) is 10.3. The van der Waals surface area contributed by atoms with Gasteiger partial charge in [-0.25, -0.2) is 4.98 Å². The maximum Gasteiger partial charge on any atom is 0.274 e. The van der Waals surface area contributed by atoms with Gasteiger partial charge in [0.05, 0.1) is 17.0 Å². The van der Waals surface area contributed by atoms with Crippen molar-refractivity contribution in [1.82, 2.24) is 19.9 Å². The van der Waals surface area contributed by atoms with E-state index in [1.807, 2.05) is 61.6 Å². The largest absolute Gasteiger partial charge is 0.362 e. The van der Waals surface area contributed by atoms with E-state index in [2.05, 4.69) is 27.3 Å². The molecule has 2 aromatic heterocycles. The summed E-state index contributed by atoms with van der Waals surface area (Å²) in [4.78, 5) is 22.7. The van der Waals surface area contributed by atoms with Crippen LogP contribution in [0.15, 0.2) is 66.9 Å². The Hall–Kier alpha value is -3.98. The van der Waals surface area contributed by atoms with E-state index in [-0.39, 0.29) is 10.6 Å². The highest BCUT2D eigenvalue weighted by molar-refractivity contribution is 5.90. The van der Waals surface area contributed by atoms with Gasteiger partial charge in [-0.1, -0.05) is 30.3 Å². The monoisotopic (exact) mass is 513 g/mol. The zero-order valence-corrected chi connectivity index (χ0v) is 22.0. The summed E-state index contributed by atoms with van der Waals surface area (Å²) in [5.74, 6) is 2.26. The molecule has 0 bridgehead atoms. The quantitative estimate of drug-likeness (QED) is 0.222. The van der Waals surface area contributed by atoms with Gasteiger partial charge in [-0.05, 0) is 62.4 Å². The molecule has 0 saturated heterocycles. The summed E-state index contributed by atoms with van der Waals surface area (Å²) >= 11 is 0. The van der Waals surface area contributed by atoms with Gasteiger partial charge in [-0.3, -0.25) is 10.1 Å². The van der Waals surface area contributed by atoms with Crippen LogP contribution >= 0.6 is 0 Å². The van der Waals surface area contributed by atoms with Crippen molar-refractivity contribution in [1.29, 1.82) is 0 Å². The molecule has 0 aliphatic heterocycles. The van der Waals surface area contributed by atoms with E-state index in [4.69, 9.17) is 9.97 Å². The van der Waals surface area contributed by atoms with Gasteiger partial charge in [0.25, 0.3) is 5.69 Å². The molecule has 5 rings (SSSR count). The number of fused-ring (bicyclic) bond motifs is 1. The normalized spacial score (nSPS) is 17.4. The molecule has 38 heavy (non-hydrogen) atoms. The van der Waals surface area contributed by atoms with Crippen LogP contribution in [0.1, 0.15) is 36.9 Å². The molecular formula is C29H35N7O2. The lowest BCUT2D eigenvalue weighted by Gasteiger charge is -2.29. The lowest BCUT2D eigenvalue weighted by Crippen LogP contribution is -2.32. The van der Waals surface area contributed by atoms with Crippen LogP contribution in [0.5, 0.6) is 0 Å². The molecule has 0 spiro atoms. The van der Waals surface area contributed by atoms with Crippen LogP contribution < -0.4 is 15.5 Å². The maximum absolute atomic E-state index is 11.4. The number of rotatable bonds is 10. The number of benzene rings is 2. The predicted octanol–water partition coefficient (Wildman–Crippen LogP) is 5.21. The summed E-state index contributed by atoms with van der Waals surface area (Å²) in [5.41, 5.74) is 2.97. The van der Waals surface area contributed by atoms with Crippen molar-refractivity contribution in [2.45, 2.75) is 44.8 Å². The molecular weight excluding hydrogens is 478 g/mol. The van der Waals surface area contributed by atoms with Gasteiger partial charge in [0, 0.05) is 55.6 Å². The van der Waals surface area contributed by atoms with Crippen molar-refractivity contribution in [3.8, 4) is 0 Å². The Kier molecular flexibility index (Phi) is 7.83. The van der Waals surface area contributed by atoms with E-state index in [0.717, 1.165) is 61.2 Å². The highest BCUT2D eigenvalue weighted by Gasteiger charge is 2.22. The van der Waals surface area contributed by atoms with Crippen molar-refractivity contribution in [3.63, 3.8) is 0 Å². The fourth-order valence-corrected chi connectivity index (χ4v) is 5.33. The highest BCUT2D eigenvalue weighted by Crippen LogP contribution is 2.28. The van der Waals surface area contributed by atoms with E-state index in [0.29, 0.717) is 30.0 Å². The fourth-order valence-electron chi connectivity index (χ4n) is 5.33. The minimum atomic E-state index is -0.310. The first kappa shape index (κ1) is 25.7. The first-order chi connectivity index (χ1) is 18.5. The molecule has 2 N–H and O–H groups in total. The van der Waals surface area contributed by atoms with Gasteiger partial charge in [-0.2, -0.15) is 4.98 Å². The summed E-state index contributed by atoms with van der Waals surface area (Å²) in [6.07, 6.45) is 6.47. The molecule has 4 aromatic rings. The number of para-hydroxylation sites is 2. The summed E-state index contributed by atoms with van der Waals surface area (Å²) < 4.78 is 2.09. The third kappa shape index (κ3) is 5.94. The molecule has 198 valence electrons. The van der Waals surface area contributed by atoms with Crippen LogP contribution in [0.2, 0.25) is 0 Å². The van der Waals surface area contributed by atoms with E-state index >= 15 is 0 Å². The predicted molar refractivity (Wildman–Crippen MR) is 152 cm³/mol. The first-order valence-corrected chi connectivity index (χ1v) is 13.3. The number of nitro benzene ring substituents is 1. The van der Waals surface area contributed by atoms with Gasteiger partial charge in [0.15, 0.2) is 0 Å². The topological polar surface area (TPSA) is 101 Å². The van der Waals surface area contributed by atoms with Crippen molar-refractivity contribution < 1.29 is 4.92 Å².